The number of benzene rings is 1. The summed E-state index contributed by atoms with van der Waals surface area (Å²) >= 11 is 0. The molecular formula is C27H29N7O2. The fourth-order valence-corrected chi connectivity index (χ4v) is 4.32. The lowest BCUT2D eigenvalue weighted by Gasteiger charge is -2.39. The Morgan fingerprint density at radius 1 is 1.08 bits per heavy atom. The van der Waals surface area contributed by atoms with Crippen molar-refractivity contribution in [2.45, 2.75) is 25.3 Å². The zero-order valence-corrected chi connectivity index (χ0v) is 20.6. The highest BCUT2D eigenvalue weighted by atomic mass is 16.5. The molecule has 9 nitrogen and oxygen atoms in total. The molecule has 1 aliphatic heterocycles. The summed E-state index contributed by atoms with van der Waals surface area (Å²) in [6.45, 7) is 6.24. The van der Waals surface area contributed by atoms with Crippen LogP contribution < -0.4 is 16.0 Å². The largest absolute Gasteiger partial charge is 0.376 e. The minimum absolute atomic E-state index is 0.0548. The maximum atomic E-state index is 12.3. The maximum absolute atomic E-state index is 12.3. The van der Waals surface area contributed by atoms with Crippen molar-refractivity contribution in [3.8, 4) is 11.3 Å². The number of rotatable bonds is 8. The van der Waals surface area contributed by atoms with Gasteiger partial charge in [-0.05, 0) is 30.7 Å². The Balaban J connectivity index is 1.29. The number of fused-ring (bicyclic) bond motifs is 1. The third kappa shape index (κ3) is 4.83. The van der Waals surface area contributed by atoms with E-state index in [9.17, 15) is 4.79 Å². The summed E-state index contributed by atoms with van der Waals surface area (Å²) in [7, 11) is 1.63. The molecule has 1 atom stereocenters. The van der Waals surface area contributed by atoms with Gasteiger partial charge in [0, 0.05) is 48.9 Å². The minimum atomic E-state index is -0.122. The lowest BCUT2D eigenvalue weighted by Crippen LogP contribution is -2.53. The fraction of sp³-hybridized carbons (Fsp3) is 0.296. The molecule has 0 saturated carbocycles. The van der Waals surface area contributed by atoms with Crippen LogP contribution in [0.2, 0.25) is 0 Å². The van der Waals surface area contributed by atoms with Crippen LogP contribution in [0, 0.1) is 0 Å². The first kappa shape index (κ1) is 23.6. The number of carbonyl (C=O) groups excluding carboxylic acids is 1. The molecule has 1 amide bonds. The molecule has 0 aliphatic carbocycles. The quantitative estimate of drug-likeness (QED) is 0.346. The lowest BCUT2D eigenvalue weighted by molar-refractivity contribution is -0.0320. The summed E-state index contributed by atoms with van der Waals surface area (Å²) in [4.78, 5) is 30.2. The first-order valence-electron chi connectivity index (χ1n) is 11.9. The van der Waals surface area contributed by atoms with Crippen LogP contribution in [0.15, 0.2) is 61.2 Å². The Morgan fingerprint density at radius 2 is 1.94 bits per heavy atom. The monoisotopic (exact) mass is 483 g/mol. The second kappa shape index (κ2) is 9.87. The number of hydrogen-bond acceptors (Lipinski definition) is 8. The SMILES string of the molecule is CNC(=O)c1ccnc2c([C@H](C)CNc3cc(-c4ccc(NC5(C)COC5)nc4)ncn3)cccc12. The maximum Gasteiger partial charge on any atom is 0.251 e. The Morgan fingerprint density at radius 3 is 2.67 bits per heavy atom. The third-order valence-corrected chi connectivity index (χ3v) is 6.39. The molecule has 36 heavy (non-hydrogen) atoms. The average molecular weight is 484 g/mol. The number of amides is 1. The molecule has 4 heterocycles. The zero-order valence-electron chi connectivity index (χ0n) is 20.6. The Labute approximate surface area is 209 Å². The molecule has 5 rings (SSSR count). The molecule has 3 N–H and O–H groups in total. The van der Waals surface area contributed by atoms with E-state index in [1.165, 1.54) is 0 Å². The number of nitrogens with one attached hydrogen (secondary N) is 3. The minimum Gasteiger partial charge on any atom is -0.376 e. The van der Waals surface area contributed by atoms with Crippen molar-refractivity contribution >= 4 is 28.4 Å². The molecule has 4 aromatic rings. The van der Waals surface area contributed by atoms with E-state index in [1.807, 2.05) is 36.5 Å². The zero-order chi connectivity index (χ0) is 25.1. The normalized spacial score (nSPS) is 15.1. The predicted octanol–water partition coefficient (Wildman–Crippen LogP) is 3.86. The number of pyridine rings is 2. The van der Waals surface area contributed by atoms with E-state index in [1.54, 1.807) is 25.6 Å². The van der Waals surface area contributed by atoms with Crippen molar-refractivity contribution in [2.75, 3.05) is 37.4 Å². The number of para-hydroxylation sites is 1. The van der Waals surface area contributed by atoms with Crippen molar-refractivity contribution in [3.63, 3.8) is 0 Å². The topological polar surface area (TPSA) is 114 Å². The van der Waals surface area contributed by atoms with E-state index in [2.05, 4.69) is 55.8 Å². The van der Waals surface area contributed by atoms with Crippen LogP contribution in [0.25, 0.3) is 22.2 Å². The van der Waals surface area contributed by atoms with Crippen molar-refractivity contribution in [3.05, 3.63) is 72.3 Å². The van der Waals surface area contributed by atoms with Crippen molar-refractivity contribution in [1.29, 1.82) is 0 Å². The first-order valence-corrected chi connectivity index (χ1v) is 11.9. The highest BCUT2D eigenvalue weighted by Gasteiger charge is 2.33. The van der Waals surface area contributed by atoms with E-state index in [-0.39, 0.29) is 17.4 Å². The van der Waals surface area contributed by atoms with Crippen molar-refractivity contribution in [2.24, 2.45) is 0 Å². The Hall–Kier alpha value is -4.11. The number of carbonyl (C=O) groups is 1. The van der Waals surface area contributed by atoms with Gasteiger partial charge in [0.2, 0.25) is 0 Å². The molecular weight excluding hydrogens is 454 g/mol. The van der Waals surface area contributed by atoms with Gasteiger partial charge in [-0.1, -0.05) is 25.1 Å². The van der Waals surface area contributed by atoms with Crippen LogP contribution in [0.5, 0.6) is 0 Å². The van der Waals surface area contributed by atoms with Crippen LogP contribution in [0.3, 0.4) is 0 Å². The predicted molar refractivity (Wildman–Crippen MR) is 140 cm³/mol. The van der Waals surface area contributed by atoms with E-state index >= 15 is 0 Å². The summed E-state index contributed by atoms with van der Waals surface area (Å²) in [5.41, 5.74) is 4.17. The molecule has 1 aliphatic rings. The molecule has 184 valence electrons. The molecule has 1 fully saturated rings. The summed E-state index contributed by atoms with van der Waals surface area (Å²) in [5.74, 6) is 1.55. The lowest BCUT2D eigenvalue weighted by atomic mass is 9.96. The summed E-state index contributed by atoms with van der Waals surface area (Å²) in [5, 5.41) is 10.4. The summed E-state index contributed by atoms with van der Waals surface area (Å²) < 4.78 is 5.29. The van der Waals surface area contributed by atoms with Gasteiger partial charge >= 0.3 is 0 Å². The second-order valence-electron chi connectivity index (χ2n) is 9.36. The standard InChI is InChI=1S/C27H29N7O2/c1-17(19-5-4-6-20-21(26(35)28-3)9-10-29-25(19)20)12-30-24-11-22(32-16-33-24)18-7-8-23(31-13-18)34-27(2)14-36-15-27/h4-11,13,16-17H,12,14-15H2,1-3H3,(H,28,35)(H,31,34)(H,30,32,33)/t17-/m1/s1. The van der Waals surface area contributed by atoms with Crippen LogP contribution in [0.1, 0.15) is 35.7 Å². The molecule has 1 saturated heterocycles. The van der Waals surface area contributed by atoms with Crippen molar-refractivity contribution in [1.82, 2.24) is 25.3 Å². The molecule has 0 radical (unpaired) electrons. The van der Waals surface area contributed by atoms with Gasteiger partial charge in [-0.3, -0.25) is 9.78 Å². The van der Waals surface area contributed by atoms with Gasteiger partial charge in [0.15, 0.2) is 0 Å². The highest BCUT2D eigenvalue weighted by Crippen LogP contribution is 2.27. The van der Waals surface area contributed by atoms with Crippen LogP contribution in [-0.4, -0.2) is 58.2 Å². The van der Waals surface area contributed by atoms with Gasteiger partial charge in [-0.15, -0.1) is 0 Å². The average Bonchev–Trinajstić information content (AvgIpc) is 2.90. The fourth-order valence-electron chi connectivity index (χ4n) is 4.32. The Bertz CT molecular complexity index is 1390. The van der Waals surface area contributed by atoms with E-state index in [0.29, 0.717) is 25.3 Å². The molecule has 3 aromatic heterocycles. The van der Waals surface area contributed by atoms with Crippen molar-refractivity contribution < 1.29 is 9.53 Å². The van der Waals surface area contributed by atoms with Crippen LogP contribution >= 0.6 is 0 Å². The first-order chi connectivity index (χ1) is 17.5. The molecule has 0 unspecified atom stereocenters. The van der Waals surface area contributed by atoms with E-state index < -0.39 is 0 Å². The number of anilines is 2. The van der Waals surface area contributed by atoms with Gasteiger partial charge in [0.1, 0.15) is 18.0 Å². The van der Waals surface area contributed by atoms with Gasteiger partial charge < -0.3 is 20.7 Å². The van der Waals surface area contributed by atoms with Crippen LogP contribution in [-0.2, 0) is 4.74 Å². The summed E-state index contributed by atoms with van der Waals surface area (Å²) in [6.07, 6.45) is 5.05. The van der Waals surface area contributed by atoms with Gasteiger partial charge in [-0.2, -0.15) is 0 Å². The number of aromatic nitrogens is 4. The number of nitrogens with zero attached hydrogens (tertiary/aromatic N) is 4. The number of hydrogen-bond donors (Lipinski definition) is 3. The third-order valence-electron chi connectivity index (χ3n) is 6.39. The molecule has 1 aromatic carbocycles. The molecule has 9 heteroatoms. The summed E-state index contributed by atoms with van der Waals surface area (Å²) in [6, 6.07) is 13.6. The Kier molecular flexibility index (Phi) is 6.47. The molecule has 0 spiro atoms. The van der Waals surface area contributed by atoms with E-state index in [4.69, 9.17) is 4.74 Å². The van der Waals surface area contributed by atoms with E-state index in [0.717, 1.165) is 39.4 Å². The van der Waals surface area contributed by atoms with Gasteiger partial charge in [0.05, 0.1) is 35.5 Å². The smallest absolute Gasteiger partial charge is 0.251 e. The van der Waals surface area contributed by atoms with Gasteiger partial charge in [-0.25, -0.2) is 15.0 Å². The van der Waals surface area contributed by atoms with Crippen LogP contribution in [0.4, 0.5) is 11.6 Å². The number of ether oxygens (including phenoxy) is 1. The van der Waals surface area contributed by atoms with Gasteiger partial charge in [0.25, 0.3) is 5.91 Å². The molecule has 0 bridgehead atoms. The highest BCUT2D eigenvalue weighted by molar-refractivity contribution is 6.06. The second-order valence-corrected chi connectivity index (χ2v) is 9.36.